The molecule has 2 aromatic carbocycles. The van der Waals surface area contributed by atoms with E-state index in [2.05, 4.69) is 29.8 Å². The zero-order valence-electron chi connectivity index (χ0n) is 17.1. The molecule has 1 fully saturated rings. The Morgan fingerprint density at radius 1 is 1.07 bits per heavy atom. The lowest BCUT2D eigenvalue weighted by atomic mass is 10.0. The van der Waals surface area contributed by atoms with Crippen molar-refractivity contribution in [1.29, 1.82) is 0 Å². The van der Waals surface area contributed by atoms with Gasteiger partial charge in [-0.1, -0.05) is 12.1 Å². The molecule has 4 rings (SSSR count). The normalized spacial score (nSPS) is 21.4. The van der Waals surface area contributed by atoms with Crippen LogP contribution in [0.2, 0.25) is 0 Å². The summed E-state index contributed by atoms with van der Waals surface area (Å²) in [6.45, 7) is 7.25. The van der Waals surface area contributed by atoms with Crippen LogP contribution in [-0.2, 0) is 0 Å². The van der Waals surface area contributed by atoms with E-state index in [4.69, 9.17) is 9.47 Å². The number of carbonyl (C=O) groups is 1. The van der Waals surface area contributed by atoms with Crippen LogP contribution < -0.4 is 29.9 Å². The van der Waals surface area contributed by atoms with Crippen LogP contribution in [0.4, 0.5) is 10.5 Å². The van der Waals surface area contributed by atoms with E-state index in [-0.39, 0.29) is 18.9 Å². The highest BCUT2D eigenvalue weighted by molar-refractivity contribution is 5.89. The Bertz CT molecular complexity index is 865. The highest BCUT2D eigenvalue weighted by Crippen LogP contribution is 2.33. The molecule has 0 spiro atoms. The second-order valence-corrected chi connectivity index (χ2v) is 7.99. The summed E-state index contributed by atoms with van der Waals surface area (Å²) in [6, 6.07) is 13.9. The number of piperazine rings is 1. The number of ether oxygens (including phenoxy) is 2. The van der Waals surface area contributed by atoms with E-state index in [0.717, 1.165) is 48.9 Å². The maximum Gasteiger partial charge on any atom is 0.319 e. The van der Waals surface area contributed by atoms with Crippen LogP contribution in [0, 0.1) is 6.92 Å². The summed E-state index contributed by atoms with van der Waals surface area (Å²) < 4.78 is 11.0. The summed E-state index contributed by atoms with van der Waals surface area (Å²) >= 11 is 0. The molecule has 0 unspecified atom stereocenters. The number of benzene rings is 2. The number of nitrogens with one attached hydrogen (secondary N) is 4. The summed E-state index contributed by atoms with van der Waals surface area (Å²) in [4.78, 5) is 15.6. The molecule has 1 atom stereocenters. The number of urea groups is 1. The van der Waals surface area contributed by atoms with Gasteiger partial charge in [-0.2, -0.15) is 0 Å². The van der Waals surface area contributed by atoms with Gasteiger partial charge in [0.2, 0.25) is 6.79 Å². The predicted octanol–water partition coefficient (Wildman–Crippen LogP) is -0.000280. The first-order valence-corrected chi connectivity index (χ1v) is 10.3. The third kappa shape index (κ3) is 4.81. The third-order valence-electron chi connectivity index (χ3n) is 5.78. The summed E-state index contributed by atoms with van der Waals surface area (Å²) in [5.74, 6) is 1.58. The number of quaternary nitrogens is 2. The van der Waals surface area contributed by atoms with Crippen molar-refractivity contribution >= 4 is 11.7 Å². The maximum absolute atomic E-state index is 12.5. The van der Waals surface area contributed by atoms with E-state index in [1.54, 1.807) is 4.90 Å². The molecule has 154 valence electrons. The summed E-state index contributed by atoms with van der Waals surface area (Å²) in [5, 5.41) is 6.01. The molecule has 0 aliphatic carbocycles. The van der Waals surface area contributed by atoms with Gasteiger partial charge in [0.1, 0.15) is 32.2 Å². The SMILES string of the molecule is Cc1cccc(NC(=O)NC[C@@H](c2ccc3c(c2)OCO3)[NH+]2CC[NH+](C)CC2)c1. The van der Waals surface area contributed by atoms with Crippen LogP contribution >= 0.6 is 0 Å². The van der Waals surface area contributed by atoms with Crippen LogP contribution in [-0.4, -0.2) is 52.6 Å². The molecule has 1 saturated heterocycles. The van der Waals surface area contributed by atoms with Crippen LogP contribution in [0.3, 0.4) is 0 Å². The lowest BCUT2D eigenvalue weighted by molar-refractivity contribution is -1.02. The van der Waals surface area contributed by atoms with Gasteiger partial charge in [-0.25, -0.2) is 4.79 Å². The Morgan fingerprint density at radius 2 is 1.86 bits per heavy atom. The van der Waals surface area contributed by atoms with Crippen molar-refractivity contribution in [3.05, 3.63) is 53.6 Å². The molecule has 2 aliphatic rings. The summed E-state index contributed by atoms with van der Waals surface area (Å²) in [7, 11) is 2.24. The Hall–Kier alpha value is -2.77. The summed E-state index contributed by atoms with van der Waals surface area (Å²) in [5.41, 5.74) is 3.09. The molecule has 0 saturated carbocycles. The minimum absolute atomic E-state index is 0.167. The number of amides is 2. The molecule has 4 N–H and O–H groups in total. The number of likely N-dealkylation sites (N-methyl/N-ethyl adjacent to an activating group) is 1. The van der Waals surface area contributed by atoms with E-state index < -0.39 is 0 Å². The fraction of sp³-hybridized carbons (Fsp3) is 0.409. The number of carbonyl (C=O) groups excluding carboxylic acids is 1. The minimum Gasteiger partial charge on any atom is -0.454 e. The Balaban J connectivity index is 1.46. The quantitative estimate of drug-likeness (QED) is 0.573. The number of hydrogen-bond acceptors (Lipinski definition) is 3. The van der Waals surface area contributed by atoms with E-state index in [9.17, 15) is 4.79 Å². The smallest absolute Gasteiger partial charge is 0.319 e. The van der Waals surface area contributed by atoms with E-state index >= 15 is 0 Å². The summed E-state index contributed by atoms with van der Waals surface area (Å²) in [6.07, 6.45) is 0. The first-order valence-electron chi connectivity index (χ1n) is 10.3. The predicted molar refractivity (Wildman–Crippen MR) is 111 cm³/mol. The Kier molecular flexibility index (Phi) is 5.87. The maximum atomic E-state index is 12.5. The third-order valence-corrected chi connectivity index (χ3v) is 5.78. The van der Waals surface area contributed by atoms with E-state index in [1.807, 2.05) is 37.3 Å². The fourth-order valence-corrected chi connectivity index (χ4v) is 4.07. The topological polar surface area (TPSA) is 68.5 Å². The molecule has 7 heteroatoms. The van der Waals surface area contributed by atoms with Gasteiger partial charge in [0.25, 0.3) is 0 Å². The highest BCUT2D eigenvalue weighted by Gasteiger charge is 2.31. The van der Waals surface area contributed by atoms with Crippen LogP contribution in [0.5, 0.6) is 11.5 Å². The molecule has 29 heavy (non-hydrogen) atoms. The average Bonchev–Trinajstić information content (AvgIpc) is 3.17. The van der Waals surface area contributed by atoms with Crippen molar-refractivity contribution < 1.29 is 24.1 Å². The van der Waals surface area contributed by atoms with Crippen LogP contribution in [0.15, 0.2) is 42.5 Å². The van der Waals surface area contributed by atoms with E-state index in [1.165, 1.54) is 10.5 Å². The molecular formula is C22H30N4O3+2. The molecule has 2 aliphatic heterocycles. The van der Waals surface area contributed by atoms with Gasteiger partial charge < -0.3 is 29.9 Å². The van der Waals surface area contributed by atoms with Crippen molar-refractivity contribution in [2.75, 3.05) is 51.9 Å². The Labute approximate surface area is 171 Å². The zero-order chi connectivity index (χ0) is 20.2. The Morgan fingerprint density at radius 3 is 2.66 bits per heavy atom. The monoisotopic (exact) mass is 398 g/mol. The number of anilines is 1. The van der Waals surface area contributed by atoms with Gasteiger partial charge in [-0.3, -0.25) is 0 Å². The van der Waals surface area contributed by atoms with Crippen molar-refractivity contribution in [2.45, 2.75) is 13.0 Å². The van der Waals surface area contributed by atoms with Crippen molar-refractivity contribution in [2.24, 2.45) is 0 Å². The van der Waals surface area contributed by atoms with Gasteiger partial charge in [-0.15, -0.1) is 0 Å². The molecule has 0 aromatic heterocycles. The zero-order valence-corrected chi connectivity index (χ0v) is 17.1. The molecule has 7 nitrogen and oxygen atoms in total. The van der Waals surface area contributed by atoms with Gasteiger partial charge in [-0.05, 0) is 42.8 Å². The van der Waals surface area contributed by atoms with Gasteiger partial charge in [0.15, 0.2) is 11.5 Å². The molecule has 2 heterocycles. The second kappa shape index (κ2) is 8.71. The number of fused-ring (bicyclic) bond motifs is 1. The number of rotatable bonds is 5. The molecule has 0 bridgehead atoms. The van der Waals surface area contributed by atoms with Crippen molar-refractivity contribution in [3.63, 3.8) is 0 Å². The minimum atomic E-state index is -0.180. The molecule has 0 radical (unpaired) electrons. The van der Waals surface area contributed by atoms with Gasteiger partial charge >= 0.3 is 6.03 Å². The lowest BCUT2D eigenvalue weighted by Gasteiger charge is -2.33. The lowest BCUT2D eigenvalue weighted by Crippen LogP contribution is -3.27. The highest BCUT2D eigenvalue weighted by atomic mass is 16.7. The average molecular weight is 399 g/mol. The van der Waals surface area contributed by atoms with Gasteiger partial charge in [0.05, 0.1) is 13.6 Å². The number of aryl methyl sites for hydroxylation is 1. The number of hydrogen-bond donors (Lipinski definition) is 4. The van der Waals surface area contributed by atoms with Gasteiger partial charge in [0, 0.05) is 11.3 Å². The first kappa shape index (κ1) is 19.5. The van der Waals surface area contributed by atoms with E-state index in [0.29, 0.717) is 6.54 Å². The standard InChI is InChI=1S/C22H28N4O3/c1-16-4-3-5-18(12-16)24-22(27)23-14-19(26-10-8-25(2)9-11-26)17-6-7-20-21(13-17)29-15-28-20/h3-7,12-13,19H,8-11,14-15H2,1-2H3,(H2,23,24,27)/p+2/t19-/m0/s1. The second-order valence-electron chi connectivity index (χ2n) is 7.99. The van der Waals surface area contributed by atoms with Crippen LogP contribution in [0.1, 0.15) is 17.2 Å². The molecular weight excluding hydrogens is 368 g/mol. The largest absolute Gasteiger partial charge is 0.454 e. The van der Waals surface area contributed by atoms with Crippen LogP contribution in [0.25, 0.3) is 0 Å². The van der Waals surface area contributed by atoms with Crippen molar-refractivity contribution in [1.82, 2.24) is 5.32 Å². The first-order chi connectivity index (χ1) is 14.1. The molecule has 2 aromatic rings. The molecule has 2 amide bonds. The van der Waals surface area contributed by atoms with Crippen molar-refractivity contribution in [3.8, 4) is 11.5 Å². The fourth-order valence-electron chi connectivity index (χ4n) is 4.07.